The zero-order valence-electron chi connectivity index (χ0n) is 22.5. The van der Waals surface area contributed by atoms with Crippen molar-refractivity contribution in [2.24, 2.45) is 0 Å². The number of rotatable bonds is 13. The van der Waals surface area contributed by atoms with Crippen molar-refractivity contribution in [2.75, 3.05) is 0 Å². The van der Waals surface area contributed by atoms with E-state index in [0.717, 1.165) is 0 Å². The van der Waals surface area contributed by atoms with Gasteiger partial charge in [-0.25, -0.2) is 0 Å². The average Bonchev–Trinajstić information content (AvgIpc) is 3.02. The third kappa shape index (κ3) is 8.38. The van der Waals surface area contributed by atoms with E-state index in [1.807, 2.05) is 0 Å². The summed E-state index contributed by atoms with van der Waals surface area (Å²) < 4.78 is 8.04. The minimum atomic E-state index is -1.28. The van der Waals surface area contributed by atoms with Gasteiger partial charge in [0.1, 0.15) is 0 Å². The molecule has 0 saturated heterocycles. The van der Waals surface area contributed by atoms with Crippen molar-refractivity contribution in [3.8, 4) is 0 Å². The van der Waals surface area contributed by atoms with Crippen molar-refractivity contribution in [2.45, 2.75) is 33.7 Å². The molecule has 196 valence electrons. The second kappa shape index (κ2) is 15.5. The van der Waals surface area contributed by atoms with Gasteiger partial charge >= 0.3 is 251 Å². The minimum absolute atomic E-state index is 1.12. The second-order valence-corrected chi connectivity index (χ2v) is 24.7. The molecule has 0 heterocycles. The van der Waals surface area contributed by atoms with Crippen LogP contribution in [-0.2, 0) is 0 Å². The van der Waals surface area contributed by atoms with Gasteiger partial charge in [0.25, 0.3) is 0 Å². The summed E-state index contributed by atoms with van der Waals surface area (Å²) in [4.78, 5) is 0. The molecular weight excluding hydrogens is 657 g/mol. The summed E-state index contributed by atoms with van der Waals surface area (Å²) in [6, 6.07) is 56.9. The Balaban J connectivity index is 1.27. The van der Waals surface area contributed by atoms with Crippen molar-refractivity contribution in [3.05, 3.63) is 152 Å². The van der Waals surface area contributed by atoms with Crippen LogP contribution >= 0.6 is 0 Å². The molecule has 0 aliphatic heterocycles. The standard InChI is InChI=1S/C36H37As3/c1-6-18-32(19-7-1)37(28-16-30-38(33-20-8-2-9-21-33)34-22-10-3-11-23-34)29-17-31-39(35-24-12-4-13-25-35)36-26-14-5-15-27-36/h1-15,18-27H,16-17,28-31H2. The summed E-state index contributed by atoms with van der Waals surface area (Å²) in [7, 11) is 0. The van der Waals surface area contributed by atoms with Crippen LogP contribution in [0.3, 0.4) is 0 Å². The maximum absolute atomic E-state index is 2.42. The summed E-state index contributed by atoms with van der Waals surface area (Å²) >= 11 is -3.69. The Labute approximate surface area is 249 Å². The first-order valence-electron chi connectivity index (χ1n) is 13.9. The van der Waals surface area contributed by atoms with E-state index in [9.17, 15) is 0 Å². The van der Waals surface area contributed by atoms with Gasteiger partial charge in [0, 0.05) is 0 Å². The molecule has 3 heteroatoms. The van der Waals surface area contributed by atoms with Crippen LogP contribution in [0.25, 0.3) is 0 Å². The quantitative estimate of drug-likeness (QED) is 0.137. The fourth-order valence-corrected chi connectivity index (χ4v) is 22.4. The molecule has 0 amide bonds. The molecule has 0 saturated carbocycles. The molecule has 0 aliphatic rings. The molecule has 39 heavy (non-hydrogen) atoms. The summed E-state index contributed by atoms with van der Waals surface area (Å²) in [5.41, 5.74) is 0. The van der Waals surface area contributed by atoms with E-state index in [1.165, 1.54) is 33.7 Å². The molecule has 5 rings (SSSR count). The Morgan fingerprint density at radius 1 is 0.282 bits per heavy atom. The first-order valence-corrected chi connectivity index (χ1v) is 23.9. The van der Waals surface area contributed by atoms with E-state index >= 15 is 0 Å². The zero-order valence-corrected chi connectivity index (χ0v) is 28.1. The Kier molecular flexibility index (Phi) is 11.3. The molecule has 0 aliphatic carbocycles. The van der Waals surface area contributed by atoms with E-state index in [1.54, 1.807) is 21.8 Å². The van der Waals surface area contributed by atoms with Crippen molar-refractivity contribution < 1.29 is 0 Å². The molecule has 0 radical (unpaired) electrons. The van der Waals surface area contributed by atoms with Crippen LogP contribution in [-0.4, -0.2) is 44.0 Å². The van der Waals surface area contributed by atoms with Crippen molar-refractivity contribution in [3.63, 3.8) is 0 Å². The molecule has 0 unspecified atom stereocenters. The van der Waals surface area contributed by atoms with Gasteiger partial charge in [-0.2, -0.15) is 0 Å². The summed E-state index contributed by atoms with van der Waals surface area (Å²) in [6.07, 6.45) is 2.72. The average molecular weight is 694 g/mol. The van der Waals surface area contributed by atoms with Gasteiger partial charge in [0.15, 0.2) is 0 Å². The number of hydrogen-bond acceptors (Lipinski definition) is 0. The van der Waals surface area contributed by atoms with Crippen molar-refractivity contribution >= 4 is 65.7 Å². The van der Waals surface area contributed by atoms with Gasteiger partial charge in [-0.15, -0.1) is 0 Å². The van der Waals surface area contributed by atoms with Gasteiger partial charge in [0.05, 0.1) is 0 Å². The third-order valence-electron chi connectivity index (χ3n) is 7.01. The van der Waals surface area contributed by atoms with Gasteiger partial charge in [-0.1, -0.05) is 0 Å². The topological polar surface area (TPSA) is 0 Å². The van der Waals surface area contributed by atoms with E-state index < -0.39 is 44.0 Å². The van der Waals surface area contributed by atoms with Crippen LogP contribution in [0.5, 0.6) is 0 Å². The SMILES string of the molecule is c1ccc([As](CCC[As](c2ccccc2)c2ccccc2)CCC[As](c2ccccc2)c2ccccc2)cc1. The van der Waals surface area contributed by atoms with E-state index in [2.05, 4.69) is 152 Å². The number of hydrogen-bond donors (Lipinski definition) is 0. The molecule has 0 atom stereocenters. The third-order valence-corrected chi connectivity index (χ3v) is 23.7. The van der Waals surface area contributed by atoms with E-state index in [4.69, 9.17) is 0 Å². The van der Waals surface area contributed by atoms with Gasteiger partial charge < -0.3 is 0 Å². The first kappa shape index (κ1) is 28.3. The summed E-state index contributed by atoms with van der Waals surface area (Å²) in [5.74, 6) is 0. The molecular formula is C36H37As3. The summed E-state index contributed by atoms with van der Waals surface area (Å²) in [6.45, 7) is 0. The fraction of sp³-hybridized carbons (Fsp3) is 0.167. The van der Waals surface area contributed by atoms with Crippen LogP contribution in [0.4, 0.5) is 0 Å². The molecule has 0 nitrogen and oxygen atoms in total. The predicted molar refractivity (Wildman–Crippen MR) is 176 cm³/mol. The van der Waals surface area contributed by atoms with Crippen molar-refractivity contribution in [1.29, 1.82) is 0 Å². The van der Waals surface area contributed by atoms with Crippen LogP contribution in [0.1, 0.15) is 12.8 Å². The number of benzene rings is 5. The zero-order chi connectivity index (χ0) is 26.5. The Morgan fingerprint density at radius 3 is 0.821 bits per heavy atom. The molecule has 5 aromatic rings. The molecule has 0 fully saturated rings. The summed E-state index contributed by atoms with van der Waals surface area (Å²) in [5, 5.41) is 5.58. The molecule has 5 aromatic carbocycles. The second-order valence-electron chi connectivity index (χ2n) is 9.68. The van der Waals surface area contributed by atoms with E-state index in [0.29, 0.717) is 0 Å². The van der Waals surface area contributed by atoms with Gasteiger partial charge in [-0.3, -0.25) is 0 Å². The molecule has 0 spiro atoms. The fourth-order valence-electron chi connectivity index (χ4n) is 5.09. The van der Waals surface area contributed by atoms with Crippen LogP contribution in [0.2, 0.25) is 20.8 Å². The maximum atomic E-state index is 2.42. The molecule has 0 N–H and O–H groups in total. The first-order chi connectivity index (χ1) is 19.4. The molecule has 0 bridgehead atoms. The van der Waals surface area contributed by atoms with Crippen molar-refractivity contribution in [1.82, 2.24) is 0 Å². The van der Waals surface area contributed by atoms with E-state index in [-0.39, 0.29) is 0 Å². The Morgan fingerprint density at radius 2 is 0.538 bits per heavy atom. The Hall–Kier alpha value is -2.22. The molecule has 0 aromatic heterocycles. The van der Waals surface area contributed by atoms with Crippen LogP contribution in [0, 0.1) is 0 Å². The predicted octanol–water partition coefficient (Wildman–Crippen LogP) is 5.79. The van der Waals surface area contributed by atoms with Gasteiger partial charge in [0.2, 0.25) is 0 Å². The van der Waals surface area contributed by atoms with Crippen LogP contribution < -0.4 is 21.8 Å². The normalized spacial score (nSPS) is 11.4. The van der Waals surface area contributed by atoms with Crippen LogP contribution in [0.15, 0.2) is 152 Å². The van der Waals surface area contributed by atoms with Gasteiger partial charge in [-0.05, 0) is 0 Å². The Bertz CT molecular complexity index is 1180. The monoisotopic (exact) mass is 694 g/mol.